The fourth-order valence-corrected chi connectivity index (χ4v) is 4.74. The number of benzene rings is 1. The summed E-state index contributed by atoms with van der Waals surface area (Å²) in [6.45, 7) is 4.77. The molecule has 3 fully saturated rings. The van der Waals surface area contributed by atoms with E-state index in [1.807, 2.05) is 18.2 Å². The molecule has 0 unspecified atom stereocenters. The molecule has 6 heteroatoms. The number of rotatable bonds is 7. The van der Waals surface area contributed by atoms with Crippen molar-refractivity contribution < 1.29 is 13.2 Å². The van der Waals surface area contributed by atoms with E-state index in [4.69, 9.17) is 4.74 Å². The smallest absolute Gasteiger partial charge is 0.211 e. The van der Waals surface area contributed by atoms with Crippen LogP contribution in [0.15, 0.2) is 30.3 Å². The van der Waals surface area contributed by atoms with Gasteiger partial charge in [-0.2, -0.15) is 0 Å². The molecular weight excluding hydrogens is 324 g/mol. The standard InChI is InChI=1S/C18H28N2O3S/c1-24(21,22)20-13-17-8-9-18(14-20)19(12-17)10-5-11-23-15-16-6-3-2-4-7-16/h2-4,6-7,17-18H,5,8-15H2,1H3/t17-,18-/m0/s1. The third-order valence-electron chi connectivity index (χ3n) is 5.11. The summed E-state index contributed by atoms with van der Waals surface area (Å²) in [5.41, 5.74) is 1.20. The Morgan fingerprint density at radius 1 is 1.12 bits per heavy atom. The summed E-state index contributed by atoms with van der Waals surface area (Å²) < 4.78 is 31.2. The Morgan fingerprint density at radius 2 is 1.92 bits per heavy atom. The van der Waals surface area contributed by atoms with Crippen LogP contribution >= 0.6 is 0 Å². The Morgan fingerprint density at radius 3 is 2.67 bits per heavy atom. The molecular formula is C18H28N2O3S. The number of nitrogens with zero attached hydrogens (tertiary/aromatic N) is 2. The molecule has 4 rings (SSSR count). The monoisotopic (exact) mass is 352 g/mol. The molecule has 0 saturated carbocycles. The van der Waals surface area contributed by atoms with Gasteiger partial charge in [0.1, 0.15) is 0 Å². The number of hydrogen-bond donors (Lipinski definition) is 0. The Kier molecular flexibility index (Phi) is 5.92. The van der Waals surface area contributed by atoms with Crippen LogP contribution in [0, 0.1) is 5.92 Å². The lowest BCUT2D eigenvalue weighted by atomic mass is 9.95. The molecule has 0 amide bonds. The lowest BCUT2D eigenvalue weighted by Gasteiger charge is -2.36. The highest BCUT2D eigenvalue weighted by Crippen LogP contribution is 2.29. The first-order valence-electron chi connectivity index (χ1n) is 8.83. The highest BCUT2D eigenvalue weighted by molar-refractivity contribution is 7.88. The van der Waals surface area contributed by atoms with Gasteiger partial charge in [0.15, 0.2) is 0 Å². The van der Waals surface area contributed by atoms with Gasteiger partial charge in [0.2, 0.25) is 10.0 Å². The predicted octanol–water partition coefficient (Wildman–Crippen LogP) is 1.95. The van der Waals surface area contributed by atoms with Crippen molar-refractivity contribution in [3.8, 4) is 0 Å². The minimum atomic E-state index is -3.08. The molecule has 1 aromatic carbocycles. The minimum absolute atomic E-state index is 0.368. The lowest BCUT2D eigenvalue weighted by molar-refractivity contribution is 0.0863. The highest BCUT2D eigenvalue weighted by atomic mass is 32.2. The summed E-state index contributed by atoms with van der Waals surface area (Å²) in [6.07, 6.45) is 4.59. The predicted molar refractivity (Wildman–Crippen MR) is 95.2 cm³/mol. The largest absolute Gasteiger partial charge is 0.377 e. The zero-order valence-electron chi connectivity index (χ0n) is 14.4. The second kappa shape index (κ2) is 7.95. The molecule has 0 radical (unpaired) electrons. The Hall–Kier alpha value is -0.950. The van der Waals surface area contributed by atoms with Crippen molar-refractivity contribution in [2.75, 3.05) is 39.0 Å². The van der Waals surface area contributed by atoms with Crippen LogP contribution in [-0.2, 0) is 21.4 Å². The van der Waals surface area contributed by atoms with Crippen molar-refractivity contribution in [3.05, 3.63) is 35.9 Å². The maximum atomic E-state index is 11.9. The maximum Gasteiger partial charge on any atom is 0.211 e. The van der Waals surface area contributed by atoms with Crippen LogP contribution in [0.3, 0.4) is 0 Å². The summed E-state index contributed by atoms with van der Waals surface area (Å²) in [5, 5.41) is 0. The van der Waals surface area contributed by atoms with Crippen molar-refractivity contribution in [2.24, 2.45) is 5.92 Å². The molecule has 3 aliphatic rings. The quantitative estimate of drug-likeness (QED) is 0.704. The third kappa shape index (κ3) is 4.79. The van der Waals surface area contributed by atoms with Crippen molar-refractivity contribution in [3.63, 3.8) is 0 Å². The lowest BCUT2D eigenvalue weighted by Crippen LogP contribution is -2.44. The van der Waals surface area contributed by atoms with Crippen molar-refractivity contribution in [1.29, 1.82) is 0 Å². The molecule has 134 valence electrons. The second-order valence-corrected chi connectivity index (χ2v) is 9.05. The molecule has 24 heavy (non-hydrogen) atoms. The molecule has 0 aromatic heterocycles. The van der Waals surface area contributed by atoms with E-state index in [-0.39, 0.29) is 0 Å². The Labute approximate surface area is 145 Å². The fourth-order valence-electron chi connectivity index (χ4n) is 3.81. The van der Waals surface area contributed by atoms with E-state index in [0.717, 1.165) is 39.0 Å². The number of ether oxygens (including phenoxy) is 1. The molecule has 0 N–H and O–H groups in total. The van der Waals surface area contributed by atoms with Gasteiger partial charge < -0.3 is 4.74 Å². The van der Waals surface area contributed by atoms with Crippen LogP contribution in [0.4, 0.5) is 0 Å². The zero-order valence-corrected chi connectivity index (χ0v) is 15.2. The van der Waals surface area contributed by atoms with Gasteiger partial charge >= 0.3 is 0 Å². The van der Waals surface area contributed by atoms with Gasteiger partial charge in [-0.1, -0.05) is 30.3 Å². The van der Waals surface area contributed by atoms with E-state index in [2.05, 4.69) is 17.0 Å². The molecule has 3 saturated heterocycles. The Balaban J connectivity index is 1.43. The van der Waals surface area contributed by atoms with Gasteiger partial charge in [0.05, 0.1) is 12.9 Å². The van der Waals surface area contributed by atoms with Gasteiger partial charge in [-0.15, -0.1) is 0 Å². The summed E-state index contributed by atoms with van der Waals surface area (Å²) >= 11 is 0. The molecule has 3 aliphatic heterocycles. The number of piperidine rings is 1. The summed E-state index contributed by atoms with van der Waals surface area (Å²) in [7, 11) is -3.08. The van der Waals surface area contributed by atoms with Gasteiger partial charge in [0.25, 0.3) is 0 Å². The summed E-state index contributed by atoms with van der Waals surface area (Å²) in [4.78, 5) is 2.48. The van der Waals surface area contributed by atoms with E-state index in [9.17, 15) is 8.42 Å². The maximum absolute atomic E-state index is 11.9. The van der Waals surface area contributed by atoms with Crippen LogP contribution in [0.5, 0.6) is 0 Å². The Bertz CT molecular complexity index is 620. The van der Waals surface area contributed by atoms with Gasteiger partial charge in [-0.05, 0) is 30.7 Å². The van der Waals surface area contributed by atoms with E-state index >= 15 is 0 Å². The van der Waals surface area contributed by atoms with Gasteiger partial charge in [-0.3, -0.25) is 4.90 Å². The van der Waals surface area contributed by atoms with Crippen molar-refractivity contribution >= 4 is 10.0 Å². The molecule has 3 heterocycles. The molecule has 2 bridgehead atoms. The number of hydrogen-bond acceptors (Lipinski definition) is 4. The molecule has 0 aliphatic carbocycles. The normalized spacial score (nSPS) is 25.7. The van der Waals surface area contributed by atoms with Gasteiger partial charge in [0, 0.05) is 38.8 Å². The fraction of sp³-hybridized carbons (Fsp3) is 0.667. The molecule has 1 aromatic rings. The second-order valence-electron chi connectivity index (χ2n) is 7.06. The van der Waals surface area contributed by atoms with Crippen LogP contribution in [0.2, 0.25) is 0 Å². The van der Waals surface area contributed by atoms with E-state index < -0.39 is 10.0 Å². The van der Waals surface area contributed by atoms with Crippen LogP contribution in [0.25, 0.3) is 0 Å². The summed E-state index contributed by atoms with van der Waals surface area (Å²) in [5.74, 6) is 0.476. The first-order chi connectivity index (χ1) is 11.5. The average molecular weight is 353 g/mol. The highest BCUT2D eigenvalue weighted by Gasteiger charge is 2.37. The molecule has 5 nitrogen and oxygen atoms in total. The minimum Gasteiger partial charge on any atom is -0.377 e. The molecule has 2 atom stereocenters. The van der Waals surface area contributed by atoms with E-state index in [1.165, 1.54) is 11.8 Å². The van der Waals surface area contributed by atoms with E-state index in [0.29, 0.717) is 31.7 Å². The summed E-state index contributed by atoms with van der Waals surface area (Å²) in [6, 6.07) is 10.6. The van der Waals surface area contributed by atoms with E-state index in [1.54, 1.807) is 4.31 Å². The van der Waals surface area contributed by atoms with Crippen molar-refractivity contribution in [2.45, 2.75) is 31.9 Å². The first kappa shape index (κ1) is 17.9. The average Bonchev–Trinajstić information content (AvgIpc) is 2.87. The number of fused-ring (bicyclic) bond motifs is 4. The number of sulfonamides is 1. The van der Waals surface area contributed by atoms with Crippen LogP contribution in [-0.4, -0.2) is 62.7 Å². The topological polar surface area (TPSA) is 49.9 Å². The molecule has 0 spiro atoms. The third-order valence-corrected chi connectivity index (χ3v) is 6.34. The zero-order chi connectivity index (χ0) is 17.0. The first-order valence-corrected chi connectivity index (χ1v) is 10.7. The van der Waals surface area contributed by atoms with Crippen LogP contribution < -0.4 is 0 Å². The van der Waals surface area contributed by atoms with Crippen molar-refractivity contribution in [1.82, 2.24) is 9.21 Å². The van der Waals surface area contributed by atoms with Crippen LogP contribution in [0.1, 0.15) is 24.8 Å². The van der Waals surface area contributed by atoms with Gasteiger partial charge in [-0.25, -0.2) is 12.7 Å². The SMILES string of the molecule is CS(=O)(=O)N1C[C@H]2CC[C@@H](C1)N(CCCOCc1ccccc1)C2.